The van der Waals surface area contributed by atoms with Crippen LogP contribution in [0, 0.1) is 54.6 Å². The summed E-state index contributed by atoms with van der Waals surface area (Å²) in [6, 6.07) is 6.78. The number of methoxy groups -OCH3 is 2. The van der Waals surface area contributed by atoms with Gasteiger partial charge in [-0.2, -0.15) is 9.97 Å². The Morgan fingerprint density at radius 1 is 1.12 bits per heavy atom. The standard InChI is InChI=1S/C16H13ClN3O4.Pr/c1-9-15(23-8-18-9)14-10(17)5-4-6-11(14)24-16-19-12(21-2)7-13(20-16)22-3;/h4-7H,1-3H3;/q-1;. The van der Waals surface area contributed by atoms with Crippen LogP contribution in [-0.4, -0.2) is 29.2 Å². The largest absolute Gasteiger partial charge is 0.573 e. The summed E-state index contributed by atoms with van der Waals surface area (Å²) in [7, 11) is 2.98. The molecule has 9 heteroatoms. The number of benzene rings is 1. The van der Waals surface area contributed by atoms with Crippen LogP contribution < -0.4 is 14.2 Å². The molecule has 0 bridgehead atoms. The van der Waals surface area contributed by atoms with Crippen molar-refractivity contribution in [3.8, 4) is 34.8 Å². The molecular formula is C16H13ClN3O4Pr-. The molecule has 0 unspecified atom stereocenters. The summed E-state index contributed by atoms with van der Waals surface area (Å²) in [6.45, 7) is 1.79. The molecular weight excluding hydrogens is 475 g/mol. The first-order chi connectivity index (χ1) is 11.6. The molecule has 0 N–H and O–H groups in total. The Hall–Kier alpha value is -1.44. The van der Waals surface area contributed by atoms with Gasteiger partial charge < -0.3 is 23.6 Å². The van der Waals surface area contributed by atoms with E-state index in [4.69, 9.17) is 30.2 Å². The maximum Gasteiger partial charge on any atom is 0.328 e. The topological polar surface area (TPSA) is 79.5 Å². The first-order valence-electron chi connectivity index (χ1n) is 6.89. The van der Waals surface area contributed by atoms with Gasteiger partial charge in [-0.1, -0.05) is 30.3 Å². The van der Waals surface area contributed by atoms with Gasteiger partial charge in [0.1, 0.15) is 12.1 Å². The first-order valence-corrected chi connectivity index (χ1v) is 7.27. The summed E-state index contributed by atoms with van der Waals surface area (Å²) >= 11 is 6.30. The Kier molecular flexibility index (Phi) is 6.98. The fourth-order valence-electron chi connectivity index (χ4n) is 2.04. The van der Waals surface area contributed by atoms with Crippen LogP contribution in [0.4, 0.5) is 0 Å². The molecule has 2 heterocycles. The minimum absolute atomic E-state index is 0. The second-order valence-corrected chi connectivity index (χ2v) is 5.08. The van der Waals surface area contributed by atoms with E-state index in [2.05, 4.69) is 21.3 Å². The molecule has 0 aliphatic carbocycles. The number of ether oxygens (including phenoxy) is 3. The molecule has 0 spiro atoms. The van der Waals surface area contributed by atoms with Gasteiger partial charge in [0.25, 0.3) is 0 Å². The smallest absolute Gasteiger partial charge is 0.328 e. The van der Waals surface area contributed by atoms with E-state index in [1.807, 2.05) is 0 Å². The van der Waals surface area contributed by atoms with Gasteiger partial charge in [0.15, 0.2) is 0 Å². The summed E-state index contributed by atoms with van der Waals surface area (Å²) in [5.41, 5.74) is 1.17. The molecule has 3 rings (SSSR count). The van der Waals surface area contributed by atoms with Gasteiger partial charge in [0.05, 0.1) is 20.3 Å². The Morgan fingerprint density at radius 2 is 1.80 bits per heavy atom. The predicted octanol–water partition coefficient (Wildman–Crippen LogP) is 3.70. The molecule has 0 atom stereocenters. The van der Waals surface area contributed by atoms with Crippen molar-refractivity contribution >= 4 is 11.6 Å². The number of aryl methyl sites for hydroxylation is 1. The van der Waals surface area contributed by atoms with Crippen LogP contribution >= 0.6 is 11.6 Å². The predicted molar refractivity (Wildman–Crippen MR) is 85.7 cm³/mol. The monoisotopic (exact) mass is 487 g/mol. The van der Waals surface area contributed by atoms with Gasteiger partial charge >= 0.3 is 6.01 Å². The van der Waals surface area contributed by atoms with Gasteiger partial charge in [-0.05, 0) is 12.1 Å². The van der Waals surface area contributed by atoms with E-state index < -0.39 is 0 Å². The summed E-state index contributed by atoms with van der Waals surface area (Å²) in [4.78, 5) is 12.2. The summed E-state index contributed by atoms with van der Waals surface area (Å²) in [5, 5.41) is 0.440. The van der Waals surface area contributed by atoms with E-state index in [-0.39, 0.29) is 47.3 Å². The minimum Gasteiger partial charge on any atom is -0.573 e. The van der Waals surface area contributed by atoms with Crippen molar-refractivity contribution in [1.82, 2.24) is 15.0 Å². The van der Waals surface area contributed by atoms with E-state index in [1.165, 1.54) is 14.2 Å². The van der Waals surface area contributed by atoms with Crippen molar-refractivity contribution in [1.29, 1.82) is 0 Å². The zero-order valence-electron chi connectivity index (χ0n) is 13.7. The van der Waals surface area contributed by atoms with Gasteiger partial charge in [0, 0.05) is 57.6 Å². The van der Waals surface area contributed by atoms with Crippen molar-refractivity contribution in [2.75, 3.05) is 14.2 Å². The second-order valence-electron chi connectivity index (χ2n) is 4.67. The van der Waals surface area contributed by atoms with Crippen molar-refractivity contribution in [2.45, 2.75) is 6.92 Å². The van der Waals surface area contributed by atoms with Crippen LogP contribution in [0.5, 0.6) is 23.5 Å². The molecule has 0 amide bonds. The average Bonchev–Trinajstić information content (AvgIpc) is 3.00. The molecule has 0 aliphatic rings. The molecule has 0 saturated heterocycles. The quantitative estimate of drug-likeness (QED) is 0.508. The second kappa shape index (κ2) is 8.78. The Labute approximate surface area is 182 Å². The van der Waals surface area contributed by atoms with Crippen LogP contribution in [0.25, 0.3) is 11.3 Å². The molecule has 1 radical (unpaired) electrons. The molecule has 3 aromatic rings. The van der Waals surface area contributed by atoms with Crippen LogP contribution in [0.1, 0.15) is 5.69 Å². The van der Waals surface area contributed by atoms with Crippen molar-refractivity contribution in [3.63, 3.8) is 0 Å². The third-order valence-corrected chi connectivity index (χ3v) is 3.49. The van der Waals surface area contributed by atoms with E-state index in [1.54, 1.807) is 31.2 Å². The number of aromatic nitrogens is 3. The Bertz CT molecular complexity index is 850. The Balaban J connectivity index is 0.00000225. The van der Waals surface area contributed by atoms with E-state index in [0.717, 1.165) is 0 Å². The summed E-state index contributed by atoms with van der Waals surface area (Å²) in [5.74, 6) is 1.49. The van der Waals surface area contributed by atoms with E-state index in [0.29, 0.717) is 39.5 Å². The number of rotatable bonds is 5. The SMILES string of the molecule is COc1cc(OC)nc(Oc2cccc(Cl)c2-c2o[c-]nc2C)n1.[Pr]. The summed E-state index contributed by atoms with van der Waals surface area (Å²) in [6.07, 6.45) is 2.44. The molecule has 0 saturated carbocycles. The van der Waals surface area contributed by atoms with E-state index in [9.17, 15) is 0 Å². The van der Waals surface area contributed by atoms with Crippen LogP contribution in [0.3, 0.4) is 0 Å². The number of hydrogen-bond donors (Lipinski definition) is 0. The van der Waals surface area contributed by atoms with Gasteiger partial charge in [-0.3, -0.25) is 0 Å². The number of hydrogen-bond acceptors (Lipinski definition) is 7. The van der Waals surface area contributed by atoms with Crippen molar-refractivity contribution < 1.29 is 59.9 Å². The molecule has 25 heavy (non-hydrogen) atoms. The molecule has 1 aromatic carbocycles. The zero-order valence-corrected chi connectivity index (χ0v) is 18.2. The van der Waals surface area contributed by atoms with Gasteiger partial charge in [-0.25, -0.2) is 0 Å². The van der Waals surface area contributed by atoms with Gasteiger partial charge in [0.2, 0.25) is 11.8 Å². The Morgan fingerprint density at radius 3 is 2.36 bits per heavy atom. The maximum absolute atomic E-state index is 6.30. The van der Waals surface area contributed by atoms with Crippen LogP contribution in [0.15, 0.2) is 28.7 Å². The molecule has 0 fully saturated rings. The zero-order chi connectivity index (χ0) is 17.1. The number of nitrogens with zero attached hydrogens (tertiary/aromatic N) is 3. The molecule has 2 aromatic heterocycles. The minimum atomic E-state index is 0. The van der Waals surface area contributed by atoms with E-state index >= 15 is 0 Å². The maximum atomic E-state index is 6.30. The molecule has 0 aliphatic heterocycles. The fourth-order valence-corrected chi connectivity index (χ4v) is 2.29. The average molecular weight is 488 g/mol. The van der Waals surface area contributed by atoms with Crippen LogP contribution in [-0.2, 0) is 0 Å². The molecule has 127 valence electrons. The first kappa shape index (κ1) is 19.9. The third-order valence-electron chi connectivity index (χ3n) is 3.17. The number of halogens is 1. The third kappa shape index (κ3) is 4.40. The van der Waals surface area contributed by atoms with Gasteiger partial charge in [-0.15, -0.1) is 0 Å². The van der Waals surface area contributed by atoms with Crippen LogP contribution in [0.2, 0.25) is 5.02 Å². The fraction of sp³-hybridized carbons (Fsp3) is 0.188. The summed E-state index contributed by atoms with van der Waals surface area (Å²) < 4.78 is 21.3. The van der Waals surface area contributed by atoms with Crippen molar-refractivity contribution in [2.24, 2.45) is 0 Å². The molecule has 7 nitrogen and oxygen atoms in total. The normalized spacial score (nSPS) is 10.1. The van der Waals surface area contributed by atoms with Crippen molar-refractivity contribution in [3.05, 3.63) is 41.4 Å². The number of oxazole rings is 1.